The molecule has 4 rings (SSSR count). The van der Waals surface area contributed by atoms with Crippen LogP contribution >= 0.6 is 0 Å². The highest BCUT2D eigenvalue weighted by molar-refractivity contribution is 5.99. The summed E-state index contributed by atoms with van der Waals surface area (Å²) < 4.78 is 7.52. The van der Waals surface area contributed by atoms with Crippen molar-refractivity contribution in [3.05, 3.63) is 54.2 Å². The van der Waals surface area contributed by atoms with Crippen molar-refractivity contribution in [2.24, 2.45) is 5.73 Å². The summed E-state index contributed by atoms with van der Waals surface area (Å²) in [6.45, 7) is 0. The molecule has 1 aromatic heterocycles. The average molecular weight is 379 g/mol. The van der Waals surface area contributed by atoms with Crippen LogP contribution in [0, 0.1) is 0 Å². The van der Waals surface area contributed by atoms with Gasteiger partial charge in [-0.05, 0) is 62.1 Å². The lowest BCUT2D eigenvalue weighted by molar-refractivity contribution is 0.100. The number of methoxy groups -OCH3 is 1. The molecule has 1 aliphatic rings. The number of rotatable bonds is 5. The summed E-state index contributed by atoms with van der Waals surface area (Å²) in [5.41, 5.74) is 8.77. The van der Waals surface area contributed by atoms with E-state index in [1.54, 1.807) is 13.2 Å². The second kappa shape index (κ2) is 7.56. The third-order valence-electron chi connectivity index (χ3n) is 5.52. The van der Waals surface area contributed by atoms with E-state index in [-0.39, 0.29) is 12.1 Å². The lowest BCUT2D eigenvalue weighted by atomic mass is 9.92. The summed E-state index contributed by atoms with van der Waals surface area (Å²) >= 11 is 0. The van der Waals surface area contributed by atoms with Crippen molar-refractivity contribution in [1.29, 1.82) is 0 Å². The molecule has 1 amide bonds. The molecule has 3 aromatic rings. The number of carbonyl (C=O) groups is 1. The van der Waals surface area contributed by atoms with Crippen LogP contribution in [-0.4, -0.2) is 34.8 Å². The van der Waals surface area contributed by atoms with Gasteiger partial charge in [0.15, 0.2) is 0 Å². The lowest BCUT2D eigenvalue weighted by Gasteiger charge is -2.28. The van der Waals surface area contributed by atoms with E-state index in [9.17, 15) is 9.90 Å². The number of primary amides is 1. The Balaban J connectivity index is 1.72. The predicted octanol–water partition coefficient (Wildman–Crippen LogP) is 3.45. The molecular weight excluding hydrogens is 354 g/mol. The summed E-state index contributed by atoms with van der Waals surface area (Å²) in [6, 6.07) is 13.8. The Labute approximate surface area is 163 Å². The Morgan fingerprint density at radius 1 is 1.18 bits per heavy atom. The number of nitrogens with one attached hydrogen (secondary N) is 1. The van der Waals surface area contributed by atoms with Crippen LogP contribution in [0.1, 0.15) is 36.0 Å². The van der Waals surface area contributed by atoms with Crippen LogP contribution in [0.25, 0.3) is 16.6 Å². The van der Waals surface area contributed by atoms with E-state index < -0.39 is 5.91 Å². The largest absolute Gasteiger partial charge is 0.496 e. The number of hydrogen-bond donors (Lipinski definition) is 3. The van der Waals surface area contributed by atoms with Gasteiger partial charge < -0.3 is 25.5 Å². The molecule has 0 bridgehead atoms. The van der Waals surface area contributed by atoms with Gasteiger partial charge in [0, 0.05) is 29.0 Å². The standard InChI is InChI=1S/C22H25N3O3/c1-28-21-4-2-3-20-18(21)11-12-25(20)15-7-10-17(22(23)27)19(13-15)24-14-5-8-16(26)9-6-14/h2-4,7,10-14,16,24,26H,5-6,8-9H2,1H3,(H2,23,27)/t14-,16-. The molecular formula is C22H25N3O3. The Kier molecular flexibility index (Phi) is 4.96. The minimum Gasteiger partial charge on any atom is -0.496 e. The van der Waals surface area contributed by atoms with Crippen LogP contribution in [0.5, 0.6) is 5.75 Å². The van der Waals surface area contributed by atoms with Gasteiger partial charge in [-0.3, -0.25) is 4.79 Å². The van der Waals surface area contributed by atoms with Crippen molar-refractivity contribution >= 4 is 22.5 Å². The predicted molar refractivity (Wildman–Crippen MR) is 110 cm³/mol. The zero-order valence-corrected chi connectivity index (χ0v) is 15.9. The number of ether oxygens (including phenoxy) is 1. The van der Waals surface area contributed by atoms with Crippen LogP contribution in [-0.2, 0) is 0 Å². The van der Waals surface area contributed by atoms with Gasteiger partial charge in [0.1, 0.15) is 5.75 Å². The van der Waals surface area contributed by atoms with E-state index in [0.717, 1.165) is 53.7 Å². The van der Waals surface area contributed by atoms with Crippen LogP contribution in [0.4, 0.5) is 5.69 Å². The van der Waals surface area contributed by atoms with Gasteiger partial charge in [0.05, 0.1) is 24.3 Å². The second-order valence-corrected chi connectivity index (χ2v) is 7.32. The molecule has 4 N–H and O–H groups in total. The first-order chi connectivity index (χ1) is 13.6. The van der Waals surface area contributed by atoms with Crippen molar-refractivity contribution in [3.63, 3.8) is 0 Å². The fraction of sp³-hybridized carbons (Fsp3) is 0.318. The number of hydrogen-bond acceptors (Lipinski definition) is 4. The highest BCUT2D eigenvalue weighted by Gasteiger charge is 2.21. The fourth-order valence-electron chi connectivity index (χ4n) is 4.00. The van der Waals surface area contributed by atoms with Crippen molar-refractivity contribution < 1.29 is 14.6 Å². The van der Waals surface area contributed by atoms with E-state index in [4.69, 9.17) is 10.5 Å². The van der Waals surface area contributed by atoms with Crippen LogP contribution in [0.15, 0.2) is 48.7 Å². The monoisotopic (exact) mass is 379 g/mol. The van der Waals surface area contributed by atoms with Gasteiger partial charge in [-0.2, -0.15) is 0 Å². The molecule has 0 atom stereocenters. The molecule has 0 radical (unpaired) electrons. The summed E-state index contributed by atoms with van der Waals surface area (Å²) in [7, 11) is 1.66. The molecule has 0 aliphatic heterocycles. The van der Waals surface area contributed by atoms with Gasteiger partial charge >= 0.3 is 0 Å². The first-order valence-corrected chi connectivity index (χ1v) is 9.59. The van der Waals surface area contributed by atoms with Gasteiger partial charge in [-0.15, -0.1) is 0 Å². The minimum atomic E-state index is -0.455. The Morgan fingerprint density at radius 3 is 2.68 bits per heavy atom. The molecule has 1 fully saturated rings. The van der Waals surface area contributed by atoms with Gasteiger partial charge in [-0.1, -0.05) is 6.07 Å². The first kappa shape index (κ1) is 18.4. The third-order valence-corrected chi connectivity index (χ3v) is 5.52. The molecule has 28 heavy (non-hydrogen) atoms. The maximum absolute atomic E-state index is 11.9. The minimum absolute atomic E-state index is 0.221. The van der Waals surface area contributed by atoms with Crippen molar-refractivity contribution in [2.45, 2.75) is 37.8 Å². The molecule has 6 nitrogen and oxygen atoms in total. The fourth-order valence-corrected chi connectivity index (χ4v) is 4.00. The quantitative estimate of drug-likeness (QED) is 0.633. The summed E-state index contributed by atoms with van der Waals surface area (Å²) in [5.74, 6) is 0.369. The van der Waals surface area contributed by atoms with E-state index >= 15 is 0 Å². The number of benzene rings is 2. The molecule has 0 spiro atoms. The van der Waals surface area contributed by atoms with Crippen molar-refractivity contribution in [2.75, 3.05) is 12.4 Å². The first-order valence-electron chi connectivity index (χ1n) is 9.59. The molecule has 146 valence electrons. The van der Waals surface area contributed by atoms with E-state index in [1.165, 1.54) is 0 Å². The zero-order chi connectivity index (χ0) is 19.7. The normalized spacial score (nSPS) is 19.5. The van der Waals surface area contributed by atoms with E-state index in [1.807, 2.05) is 42.6 Å². The average Bonchev–Trinajstić information content (AvgIpc) is 3.13. The molecule has 1 saturated carbocycles. The smallest absolute Gasteiger partial charge is 0.250 e. The molecule has 6 heteroatoms. The summed E-state index contributed by atoms with van der Waals surface area (Å²) in [5, 5.41) is 14.2. The molecule has 0 saturated heterocycles. The second-order valence-electron chi connectivity index (χ2n) is 7.32. The van der Waals surface area contributed by atoms with Gasteiger partial charge in [0.2, 0.25) is 0 Å². The number of aliphatic hydroxyl groups is 1. The number of amides is 1. The number of fused-ring (bicyclic) bond motifs is 1. The van der Waals surface area contributed by atoms with Crippen molar-refractivity contribution in [3.8, 4) is 11.4 Å². The number of carbonyl (C=O) groups excluding carboxylic acids is 1. The number of nitrogens with zero attached hydrogens (tertiary/aromatic N) is 1. The zero-order valence-electron chi connectivity index (χ0n) is 15.9. The highest BCUT2D eigenvalue weighted by Crippen LogP contribution is 2.31. The van der Waals surface area contributed by atoms with Crippen LogP contribution < -0.4 is 15.8 Å². The maximum atomic E-state index is 11.9. The SMILES string of the molecule is COc1cccc2c1ccn2-c1ccc(C(N)=O)c(N[C@H]2CC[C@H](O)CC2)c1. The number of aromatic nitrogens is 1. The van der Waals surface area contributed by atoms with Gasteiger partial charge in [-0.25, -0.2) is 0 Å². The topological polar surface area (TPSA) is 89.5 Å². The number of nitrogens with two attached hydrogens (primary N) is 1. The molecule has 0 unspecified atom stereocenters. The Bertz CT molecular complexity index is 1000. The summed E-state index contributed by atoms with van der Waals surface area (Å²) in [4.78, 5) is 11.9. The Hall–Kier alpha value is -2.99. The molecule has 2 aromatic carbocycles. The molecule has 1 aliphatic carbocycles. The number of anilines is 1. The van der Waals surface area contributed by atoms with Crippen molar-refractivity contribution in [1.82, 2.24) is 4.57 Å². The lowest BCUT2D eigenvalue weighted by Crippen LogP contribution is -2.29. The van der Waals surface area contributed by atoms with Crippen LogP contribution in [0.3, 0.4) is 0 Å². The number of aliphatic hydroxyl groups excluding tert-OH is 1. The highest BCUT2D eigenvalue weighted by atomic mass is 16.5. The molecule has 1 heterocycles. The van der Waals surface area contributed by atoms with Crippen LogP contribution in [0.2, 0.25) is 0 Å². The maximum Gasteiger partial charge on any atom is 0.250 e. The third kappa shape index (κ3) is 3.43. The Morgan fingerprint density at radius 2 is 1.96 bits per heavy atom. The van der Waals surface area contributed by atoms with E-state index in [0.29, 0.717) is 5.56 Å². The van der Waals surface area contributed by atoms with E-state index in [2.05, 4.69) is 9.88 Å². The summed E-state index contributed by atoms with van der Waals surface area (Å²) in [6.07, 6.45) is 5.05. The van der Waals surface area contributed by atoms with Gasteiger partial charge in [0.25, 0.3) is 5.91 Å².